The molecular weight excluding hydrogens is 382 g/mol. The van der Waals surface area contributed by atoms with Gasteiger partial charge < -0.3 is 10.1 Å². The van der Waals surface area contributed by atoms with Gasteiger partial charge in [0.05, 0.1) is 10.9 Å². The predicted molar refractivity (Wildman–Crippen MR) is 113 cm³/mol. The highest BCUT2D eigenvalue weighted by Gasteiger charge is 2.28. The number of rotatable bonds is 7. The quantitative estimate of drug-likeness (QED) is 0.412. The van der Waals surface area contributed by atoms with Crippen LogP contribution >= 0.6 is 0 Å². The van der Waals surface area contributed by atoms with Crippen molar-refractivity contribution in [3.63, 3.8) is 0 Å². The Bertz CT molecular complexity index is 1060. The zero-order valence-electron chi connectivity index (χ0n) is 17.2. The monoisotopic (exact) mass is 407 g/mol. The maximum Gasteiger partial charge on any atom is 0.251 e. The van der Waals surface area contributed by atoms with Crippen molar-refractivity contribution >= 4 is 22.7 Å². The van der Waals surface area contributed by atoms with Gasteiger partial charge in [0.2, 0.25) is 0 Å². The highest BCUT2D eigenvalue weighted by Crippen LogP contribution is 2.21. The number of hydrogen-bond donors (Lipinski definition) is 3. The Kier molecular flexibility index (Phi) is 6.32. The van der Waals surface area contributed by atoms with Crippen molar-refractivity contribution in [1.29, 1.82) is 0 Å². The number of hydrogen-bond acceptors (Lipinski definition) is 5. The summed E-state index contributed by atoms with van der Waals surface area (Å²) in [5.41, 5.74) is 4.03. The minimum atomic E-state index is -0.932. The summed E-state index contributed by atoms with van der Waals surface area (Å²) < 4.78 is 5.91. The van der Waals surface area contributed by atoms with Gasteiger partial charge in [-0.15, -0.1) is 0 Å². The van der Waals surface area contributed by atoms with E-state index in [2.05, 4.69) is 10.3 Å². The minimum absolute atomic E-state index is 0.0882. The van der Waals surface area contributed by atoms with E-state index >= 15 is 0 Å². The number of pyridine rings is 1. The van der Waals surface area contributed by atoms with Gasteiger partial charge in [0.25, 0.3) is 11.8 Å². The number of ether oxygens (including phenoxy) is 1. The minimum Gasteiger partial charge on any atom is -0.489 e. The van der Waals surface area contributed by atoms with Gasteiger partial charge in [-0.2, -0.15) is 0 Å². The zero-order valence-corrected chi connectivity index (χ0v) is 17.2. The molecule has 7 nitrogen and oxygen atoms in total. The van der Waals surface area contributed by atoms with E-state index in [4.69, 9.17) is 9.94 Å². The molecule has 0 radical (unpaired) electrons. The van der Waals surface area contributed by atoms with Gasteiger partial charge in [-0.05, 0) is 57.2 Å². The lowest BCUT2D eigenvalue weighted by atomic mass is 9.92. The van der Waals surface area contributed by atoms with Crippen molar-refractivity contribution in [1.82, 2.24) is 15.8 Å². The van der Waals surface area contributed by atoms with Crippen molar-refractivity contribution < 1.29 is 19.5 Å². The number of fused-ring (bicyclic) bond motifs is 1. The Balaban J connectivity index is 1.63. The molecule has 0 aliphatic rings. The number of amides is 2. The van der Waals surface area contributed by atoms with Crippen LogP contribution in [0.4, 0.5) is 0 Å². The van der Waals surface area contributed by atoms with Gasteiger partial charge in [0, 0.05) is 28.8 Å². The highest BCUT2D eigenvalue weighted by molar-refractivity contribution is 5.94. The summed E-state index contributed by atoms with van der Waals surface area (Å²) in [7, 11) is 0. The molecule has 0 unspecified atom stereocenters. The number of benzene rings is 2. The standard InChI is InChI=1S/C23H25N3O4/c1-15-12-17(19-6-4-5-7-20(19)25-15)13-30-18-10-8-16(9-11-18)21(27)24-14-23(2,3)22(28)26-29/h4-12,29H,13-14H2,1-3H3,(H,24,27)(H,26,28). The molecule has 1 heterocycles. The number of carbonyl (C=O) groups is 2. The van der Waals surface area contributed by atoms with Crippen LogP contribution in [0.3, 0.4) is 0 Å². The Morgan fingerprint density at radius 1 is 1.10 bits per heavy atom. The molecule has 0 fully saturated rings. The van der Waals surface area contributed by atoms with Crippen molar-refractivity contribution in [2.45, 2.75) is 27.4 Å². The molecule has 0 spiro atoms. The Labute approximate surface area is 175 Å². The number of hydroxylamine groups is 1. The maximum atomic E-state index is 12.3. The van der Waals surface area contributed by atoms with Gasteiger partial charge >= 0.3 is 0 Å². The molecule has 3 aromatic rings. The number of carbonyl (C=O) groups excluding carboxylic acids is 2. The molecule has 2 amide bonds. The topological polar surface area (TPSA) is 101 Å². The molecule has 0 saturated carbocycles. The first kappa shape index (κ1) is 21.3. The molecule has 2 aromatic carbocycles. The molecule has 0 saturated heterocycles. The molecule has 3 N–H and O–H groups in total. The SMILES string of the molecule is Cc1cc(COc2ccc(C(=O)NCC(C)(C)C(=O)NO)cc2)c2ccccc2n1. The summed E-state index contributed by atoms with van der Waals surface area (Å²) >= 11 is 0. The average molecular weight is 407 g/mol. The van der Waals surface area contributed by atoms with Crippen LogP contribution in [0.1, 0.15) is 35.5 Å². The second-order valence-electron chi connectivity index (χ2n) is 7.76. The summed E-state index contributed by atoms with van der Waals surface area (Å²) in [6, 6.07) is 16.7. The molecule has 0 bridgehead atoms. The van der Waals surface area contributed by atoms with E-state index in [1.165, 1.54) is 0 Å². The molecular formula is C23H25N3O4. The summed E-state index contributed by atoms with van der Waals surface area (Å²) in [6.45, 7) is 5.68. The molecule has 7 heteroatoms. The normalized spacial score (nSPS) is 11.2. The zero-order chi connectivity index (χ0) is 21.7. The molecule has 1 aromatic heterocycles. The molecule has 30 heavy (non-hydrogen) atoms. The van der Waals surface area contributed by atoms with E-state index in [-0.39, 0.29) is 12.5 Å². The molecule has 3 rings (SSSR count). The van der Waals surface area contributed by atoms with Crippen molar-refractivity contribution in [3.05, 3.63) is 71.4 Å². The third-order valence-electron chi connectivity index (χ3n) is 4.85. The first-order chi connectivity index (χ1) is 14.3. The van der Waals surface area contributed by atoms with Crippen LogP contribution in [0.5, 0.6) is 5.75 Å². The Hall–Kier alpha value is -3.45. The van der Waals surface area contributed by atoms with E-state index < -0.39 is 11.3 Å². The molecule has 0 atom stereocenters. The number of aromatic nitrogens is 1. The van der Waals surface area contributed by atoms with Gasteiger partial charge in [0.1, 0.15) is 12.4 Å². The fourth-order valence-corrected chi connectivity index (χ4v) is 3.01. The molecule has 0 aliphatic heterocycles. The van der Waals surface area contributed by atoms with Crippen LogP contribution in [0.15, 0.2) is 54.6 Å². The van der Waals surface area contributed by atoms with Gasteiger partial charge in [-0.3, -0.25) is 19.8 Å². The molecule has 0 aliphatic carbocycles. The summed E-state index contributed by atoms with van der Waals surface area (Å²) in [4.78, 5) is 28.4. The van der Waals surface area contributed by atoms with Crippen LogP contribution in [0, 0.1) is 12.3 Å². The fraction of sp³-hybridized carbons (Fsp3) is 0.261. The first-order valence-corrected chi connectivity index (χ1v) is 9.61. The predicted octanol–water partition coefficient (Wildman–Crippen LogP) is 3.38. The van der Waals surface area contributed by atoms with Crippen molar-refractivity contribution in [2.24, 2.45) is 5.41 Å². The van der Waals surface area contributed by atoms with Crippen molar-refractivity contribution in [3.8, 4) is 5.75 Å². The van der Waals surface area contributed by atoms with Gasteiger partial charge in [0.15, 0.2) is 0 Å². The van der Waals surface area contributed by atoms with Gasteiger partial charge in [-0.25, -0.2) is 5.48 Å². The highest BCUT2D eigenvalue weighted by atomic mass is 16.5. The Morgan fingerprint density at radius 2 is 1.80 bits per heavy atom. The van der Waals surface area contributed by atoms with E-state index in [0.717, 1.165) is 22.2 Å². The van der Waals surface area contributed by atoms with Crippen molar-refractivity contribution in [2.75, 3.05) is 6.54 Å². The lowest BCUT2D eigenvalue weighted by Gasteiger charge is -2.22. The van der Waals surface area contributed by atoms with Crippen LogP contribution < -0.4 is 15.5 Å². The van der Waals surface area contributed by atoms with E-state index in [9.17, 15) is 9.59 Å². The number of aryl methyl sites for hydroxylation is 1. The summed E-state index contributed by atoms with van der Waals surface area (Å²) in [5, 5.41) is 12.5. The second kappa shape index (κ2) is 8.92. The Morgan fingerprint density at radius 3 is 2.50 bits per heavy atom. The number of para-hydroxylation sites is 1. The lowest BCUT2D eigenvalue weighted by molar-refractivity contribution is -0.137. The third-order valence-corrected chi connectivity index (χ3v) is 4.85. The van der Waals surface area contributed by atoms with Crippen LogP contribution in [0.2, 0.25) is 0 Å². The fourth-order valence-electron chi connectivity index (χ4n) is 3.01. The smallest absolute Gasteiger partial charge is 0.251 e. The van der Waals surface area contributed by atoms with E-state index in [1.807, 2.05) is 37.3 Å². The van der Waals surface area contributed by atoms with Crippen LogP contribution in [-0.2, 0) is 11.4 Å². The third kappa shape index (κ3) is 4.93. The van der Waals surface area contributed by atoms with Crippen LogP contribution in [-0.4, -0.2) is 28.6 Å². The number of nitrogens with one attached hydrogen (secondary N) is 2. The largest absolute Gasteiger partial charge is 0.489 e. The molecule has 156 valence electrons. The lowest BCUT2D eigenvalue weighted by Crippen LogP contribution is -2.43. The number of nitrogens with zero attached hydrogens (tertiary/aromatic N) is 1. The van der Waals surface area contributed by atoms with Gasteiger partial charge in [-0.1, -0.05) is 18.2 Å². The van der Waals surface area contributed by atoms with E-state index in [1.54, 1.807) is 43.6 Å². The summed E-state index contributed by atoms with van der Waals surface area (Å²) in [6.07, 6.45) is 0. The summed E-state index contributed by atoms with van der Waals surface area (Å²) in [5.74, 6) is -0.230. The van der Waals surface area contributed by atoms with Crippen LogP contribution in [0.25, 0.3) is 10.9 Å². The maximum absolute atomic E-state index is 12.3. The first-order valence-electron chi connectivity index (χ1n) is 9.61. The average Bonchev–Trinajstić information content (AvgIpc) is 2.75. The second-order valence-corrected chi connectivity index (χ2v) is 7.76. The van der Waals surface area contributed by atoms with E-state index in [0.29, 0.717) is 17.9 Å².